The lowest BCUT2D eigenvalue weighted by atomic mass is 9.78. The van der Waals surface area contributed by atoms with Crippen LogP contribution in [0.2, 0.25) is 0 Å². The second-order valence-corrected chi connectivity index (χ2v) is 8.20. The molecular formula is C25H32O6. The minimum Gasteiger partial charge on any atom is -0.491 e. The molecule has 0 saturated carbocycles. The van der Waals surface area contributed by atoms with Crippen molar-refractivity contribution < 1.29 is 29.2 Å². The van der Waals surface area contributed by atoms with Crippen molar-refractivity contribution in [2.24, 2.45) is 0 Å². The summed E-state index contributed by atoms with van der Waals surface area (Å²) >= 11 is 0. The summed E-state index contributed by atoms with van der Waals surface area (Å²) in [5.74, 6) is 1.31. The number of aliphatic hydroxyl groups excluding tert-OH is 2. The molecule has 3 rings (SSSR count). The molecule has 0 fully saturated rings. The Morgan fingerprint density at radius 3 is 1.42 bits per heavy atom. The maximum absolute atomic E-state index is 9.94. The summed E-state index contributed by atoms with van der Waals surface area (Å²) in [7, 11) is 0. The Labute approximate surface area is 184 Å². The Hall–Kier alpha value is -2.83. The van der Waals surface area contributed by atoms with E-state index in [0.29, 0.717) is 5.57 Å². The number of ether oxygens (including phenoxy) is 3. The molecule has 2 aromatic rings. The quantitative estimate of drug-likeness (QED) is 0.619. The van der Waals surface area contributed by atoms with E-state index < -0.39 is 12.2 Å². The maximum atomic E-state index is 9.94. The van der Waals surface area contributed by atoms with E-state index >= 15 is 0 Å². The number of cyclic esters (lactones) is 1. The van der Waals surface area contributed by atoms with Crippen LogP contribution < -0.4 is 9.47 Å². The fraction of sp³-hybridized carbons (Fsp3) is 0.400. The smallest absolute Gasteiger partial charge is 0.341 e. The molecule has 0 amide bonds. The van der Waals surface area contributed by atoms with E-state index in [1.54, 1.807) is 20.8 Å². The third-order valence-electron chi connectivity index (χ3n) is 4.80. The third kappa shape index (κ3) is 7.42. The summed E-state index contributed by atoms with van der Waals surface area (Å²) in [4.78, 5) is 9.94. The summed E-state index contributed by atoms with van der Waals surface area (Å²) in [6.07, 6.45) is 0.471. The lowest BCUT2D eigenvalue weighted by molar-refractivity contribution is -0.138. The van der Waals surface area contributed by atoms with Crippen LogP contribution in [-0.2, 0) is 14.9 Å². The van der Waals surface area contributed by atoms with E-state index in [0.717, 1.165) is 11.5 Å². The lowest BCUT2D eigenvalue weighted by Gasteiger charge is -2.26. The van der Waals surface area contributed by atoms with Gasteiger partial charge in [0, 0.05) is 5.41 Å². The first-order valence-electron chi connectivity index (χ1n) is 10.3. The van der Waals surface area contributed by atoms with Crippen LogP contribution >= 0.6 is 0 Å². The van der Waals surface area contributed by atoms with E-state index in [-0.39, 0.29) is 24.6 Å². The van der Waals surface area contributed by atoms with Gasteiger partial charge in [0.2, 0.25) is 0 Å². The lowest BCUT2D eigenvalue weighted by Crippen LogP contribution is -2.19. The average molecular weight is 429 g/mol. The number of carbonyl (C=O) groups is 1. The number of hydrogen-bond donors (Lipinski definition) is 2. The van der Waals surface area contributed by atoms with Crippen molar-refractivity contribution in [2.45, 2.75) is 52.2 Å². The zero-order valence-electron chi connectivity index (χ0n) is 18.8. The van der Waals surface area contributed by atoms with Gasteiger partial charge in [-0.25, -0.2) is 4.79 Å². The van der Waals surface area contributed by atoms with Crippen molar-refractivity contribution in [1.82, 2.24) is 0 Å². The second kappa shape index (κ2) is 11.0. The van der Waals surface area contributed by atoms with E-state index in [1.165, 1.54) is 17.4 Å². The molecular weight excluding hydrogens is 396 g/mol. The zero-order chi connectivity index (χ0) is 23.0. The van der Waals surface area contributed by atoms with E-state index in [1.807, 2.05) is 24.3 Å². The van der Waals surface area contributed by atoms with Crippen LogP contribution in [-0.4, -0.2) is 41.6 Å². The van der Waals surface area contributed by atoms with Crippen molar-refractivity contribution in [3.05, 3.63) is 71.5 Å². The van der Waals surface area contributed by atoms with Gasteiger partial charge in [-0.1, -0.05) is 38.1 Å². The molecule has 2 aromatic carbocycles. The molecule has 168 valence electrons. The fourth-order valence-corrected chi connectivity index (χ4v) is 2.76. The van der Waals surface area contributed by atoms with Gasteiger partial charge >= 0.3 is 5.97 Å². The molecule has 2 unspecified atom stereocenters. The highest BCUT2D eigenvalue weighted by atomic mass is 16.5. The number of benzene rings is 2. The van der Waals surface area contributed by atoms with E-state index in [2.05, 4.69) is 42.8 Å². The van der Waals surface area contributed by atoms with Crippen molar-refractivity contribution >= 4 is 5.97 Å². The highest BCUT2D eigenvalue weighted by Crippen LogP contribution is 2.33. The number of esters is 1. The van der Waals surface area contributed by atoms with Crippen LogP contribution in [0.5, 0.6) is 11.5 Å². The SMILES string of the molecule is CC(O)COc1ccc(C(C)(C)c2ccc(OCC(C)O)cc2)cc1.CC1=COC1=O. The fourth-order valence-electron chi connectivity index (χ4n) is 2.76. The Balaban J connectivity index is 0.000000488. The molecule has 0 bridgehead atoms. The second-order valence-electron chi connectivity index (χ2n) is 8.20. The van der Waals surface area contributed by atoms with Gasteiger partial charge in [-0.05, 0) is 56.2 Å². The Bertz CT molecular complexity index is 806. The van der Waals surface area contributed by atoms with Crippen LogP contribution in [0.3, 0.4) is 0 Å². The summed E-state index contributed by atoms with van der Waals surface area (Å²) in [5, 5.41) is 18.6. The van der Waals surface area contributed by atoms with E-state index in [9.17, 15) is 15.0 Å². The predicted molar refractivity (Wildman–Crippen MR) is 119 cm³/mol. The van der Waals surface area contributed by atoms with Gasteiger partial charge in [-0.15, -0.1) is 0 Å². The molecule has 1 heterocycles. The van der Waals surface area contributed by atoms with Crippen molar-refractivity contribution in [3.63, 3.8) is 0 Å². The molecule has 1 aliphatic rings. The van der Waals surface area contributed by atoms with Crippen molar-refractivity contribution in [3.8, 4) is 11.5 Å². The van der Waals surface area contributed by atoms with Crippen LogP contribution in [0, 0.1) is 0 Å². The Morgan fingerprint density at radius 2 is 1.19 bits per heavy atom. The van der Waals surface area contributed by atoms with Gasteiger partial charge in [-0.3, -0.25) is 0 Å². The third-order valence-corrected chi connectivity index (χ3v) is 4.80. The van der Waals surface area contributed by atoms with E-state index in [4.69, 9.17) is 9.47 Å². The number of carbonyl (C=O) groups excluding carboxylic acids is 1. The topological polar surface area (TPSA) is 85.2 Å². The highest BCUT2D eigenvalue weighted by Gasteiger charge is 2.23. The van der Waals surface area contributed by atoms with Gasteiger partial charge in [0.1, 0.15) is 31.0 Å². The number of aliphatic hydroxyl groups is 2. The molecule has 2 atom stereocenters. The molecule has 0 radical (unpaired) electrons. The van der Waals surface area contributed by atoms with Crippen LogP contribution in [0.15, 0.2) is 60.4 Å². The minimum atomic E-state index is -0.481. The van der Waals surface area contributed by atoms with Gasteiger partial charge < -0.3 is 24.4 Å². The molecule has 0 spiro atoms. The Kier molecular flexibility index (Phi) is 8.65. The maximum Gasteiger partial charge on any atom is 0.341 e. The molecule has 1 aliphatic heterocycles. The first kappa shape index (κ1) is 24.4. The monoisotopic (exact) mass is 428 g/mol. The predicted octanol–water partition coefficient (Wildman–Crippen LogP) is 3.98. The van der Waals surface area contributed by atoms with Crippen LogP contribution in [0.1, 0.15) is 45.7 Å². The first-order chi connectivity index (χ1) is 14.6. The molecule has 2 N–H and O–H groups in total. The van der Waals surface area contributed by atoms with Crippen molar-refractivity contribution in [2.75, 3.05) is 13.2 Å². The van der Waals surface area contributed by atoms with Crippen LogP contribution in [0.4, 0.5) is 0 Å². The molecule has 0 aliphatic carbocycles. The molecule has 6 heteroatoms. The normalized spacial score (nSPS) is 14.8. The van der Waals surface area contributed by atoms with Gasteiger partial charge in [0.05, 0.1) is 17.8 Å². The Morgan fingerprint density at radius 1 is 0.839 bits per heavy atom. The van der Waals surface area contributed by atoms with Crippen molar-refractivity contribution in [1.29, 1.82) is 0 Å². The standard InChI is InChI=1S/C21H28O4.C4H4O2/c1-15(22)13-24-19-9-5-17(6-10-19)21(3,4)18-7-11-20(12-8-18)25-14-16(2)23;1-3-2-6-4(3)5/h5-12,15-16,22-23H,13-14H2,1-4H3;2H,1H3. The first-order valence-corrected chi connectivity index (χ1v) is 10.3. The van der Waals surface area contributed by atoms with Gasteiger partial charge in [0.25, 0.3) is 0 Å². The highest BCUT2D eigenvalue weighted by molar-refractivity contribution is 5.92. The summed E-state index contributed by atoms with van der Waals surface area (Å²) in [6.45, 7) is 10.0. The van der Waals surface area contributed by atoms with Gasteiger partial charge in [0.15, 0.2) is 0 Å². The zero-order valence-corrected chi connectivity index (χ0v) is 18.8. The molecule has 0 saturated heterocycles. The largest absolute Gasteiger partial charge is 0.491 e. The van der Waals surface area contributed by atoms with Crippen LogP contribution in [0.25, 0.3) is 0 Å². The van der Waals surface area contributed by atoms with Gasteiger partial charge in [-0.2, -0.15) is 0 Å². The minimum absolute atomic E-state index is 0.161. The summed E-state index contributed by atoms with van der Waals surface area (Å²) in [5.41, 5.74) is 2.89. The summed E-state index contributed by atoms with van der Waals surface area (Å²) in [6, 6.07) is 15.9. The summed E-state index contributed by atoms with van der Waals surface area (Å²) < 4.78 is 15.3. The number of hydrogen-bond acceptors (Lipinski definition) is 6. The number of rotatable bonds is 8. The average Bonchev–Trinajstić information content (AvgIpc) is 2.76. The molecule has 0 aromatic heterocycles. The molecule has 6 nitrogen and oxygen atoms in total. The molecule has 31 heavy (non-hydrogen) atoms.